The average Bonchev–Trinajstić information content (AvgIpc) is 2.63. The van der Waals surface area contributed by atoms with Gasteiger partial charge in [0.05, 0.1) is 19.4 Å². The van der Waals surface area contributed by atoms with Crippen LogP contribution in [0.5, 0.6) is 0 Å². The molecule has 9 heteroatoms. The van der Waals surface area contributed by atoms with Crippen LogP contribution < -0.4 is 10.6 Å². The molecule has 2 aromatic carbocycles. The van der Waals surface area contributed by atoms with E-state index in [9.17, 15) is 9.36 Å². The van der Waals surface area contributed by atoms with E-state index in [2.05, 4.69) is 10.6 Å². The van der Waals surface area contributed by atoms with Gasteiger partial charge in [0.25, 0.3) is 0 Å². The summed E-state index contributed by atoms with van der Waals surface area (Å²) in [7, 11) is -3.16. The minimum absolute atomic E-state index is 0.177. The second-order valence-corrected chi connectivity index (χ2v) is 8.74. The summed E-state index contributed by atoms with van der Waals surface area (Å²) < 4.78 is 23.2. The van der Waals surface area contributed by atoms with Crippen LogP contribution in [0.25, 0.3) is 0 Å². The molecule has 0 aliphatic heterocycles. The van der Waals surface area contributed by atoms with Crippen LogP contribution in [0.2, 0.25) is 10.0 Å². The van der Waals surface area contributed by atoms with Crippen molar-refractivity contribution in [2.45, 2.75) is 26.6 Å². The van der Waals surface area contributed by atoms with Crippen molar-refractivity contribution in [2.24, 2.45) is 0 Å². The fourth-order valence-corrected chi connectivity index (χ4v) is 4.63. The molecule has 0 heterocycles. The number of amides is 2. The first kappa shape index (κ1) is 22.7. The Balaban J connectivity index is 1.90. The highest BCUT2D eigenvalue weighted by Crippen LogP contribution is 2.51. The van der Waals surface area contributed by atoms with Gasteiger partial charge in [-0.25, -0.2) is 4.79 Å². The molecule has 0 saturated carbocycles. The molecule has 2 amide bonds. The van der Waals surface area contributed by atoms with Crippen LogP contribution in [0.4, 0.5) is 10.5 Å². The van der Waals surface area contributed by atoms with Gasteiger partial charge in [-0.15, -0.1) is 0 Å². The van der Waals surface area contributed by atoms with Gasteiger partial charge in [0.2, 0.25) is 0 Å². The minimum atomic E-state index is -3.16. The van der Waals surface area contributed by atoms with E-state index in [1.165, 1.54) is 0 Å². The van der Waals surface area contributed by atoms with E-state index in [1.807, 2.05) is 0 Å². The Hall–Kier alpha value is -1.56. The fourth-order valence-electron chi connectivity index (χ4n) is 2.45. The number of rotatable bonds is 9. The van der Waals surface area contributed by atoms with Crippen LogP contribution in [0, 0.1) is 0 Å². The summed E-state index contributed by atoms with van der Waals surface area (Å²) in [5, 5.41) is 6.49. The Morgan fingerprint density at radius 2 is 1.68 bits per heavy atom. The zero-order chi connectivity index (χ0) is 20.6. The highest BCUT2D eigenvalue weighted by molar-refractivity contribution is 7.53. The van der Waals surface area contributed by atoms with Gasteiger partial charge in [-0.2, -0.15) is 0 Å². The molecule has 2 N–H and O–H groups in total. The Morgan fingerprint density at radius 1 is 1.04 bits per heavy atom. The molecule has 28 heavy (non-hydrogen) atoms. The molecule has 6 nitrogen and oxygen atoms in total. The number of halogens is 2. The van der Waals surface area contributed by atoms with E-state index >= 15 is 0 Å². The molecule has 0 bridgehead atoms. The van der Waals surface area contributed by atoms with Crippen LogP contribution in [-0.4, -0.2) is 19.2 Å². The van der Waals surface area contributed by atoms with Crippen LogP contribution in [0.3, 0.4) is 0 Å². The summed E-state index contributed by atoms with van der Waals surface area (Å²) in [6, 6.07) is 11.7. The van der Waals surface area contributed by atoms with Crippen molar-refractivity contribution in [1.29, 1.82) is 0 Å². The molecule has 152 valence electrons. The predicted molar refractivity (Wildman–Crippen MR) is 113 cm³/mol. The second-order valence-electron chi connectivity index (χ2n) is 5.84. The van der Waals surface area contributed by atoms with Crippen LogP contribution in [-0.2, 0) is 26.3 Å². The number of nitrogens with one attached hydrogen (secondary N) is 2. The number of carbonyl (C=O) groups excluding carboxylic acids is 1. The van der Waals surface area contributed by atoms with Crippen molar-refractivity contribution in [3.05, 3.63) is 63.6 Å². The Kier molecular flexibility index (Phi) is 8.80. The molecular weight excluding hydrogens is 422 g/mol. The number of hydrogen-bond donors (Lipinski definition) is 2. The third-order valence-corrected chi connectivity index (χ3v) is 6.34. The maximum Gasteiger partial charge on any atom is 0.335 e. The largest absolute Gasteiger partial charge is 0.335 e. The van der Waals surface area contributed by atoms with Crippen LogP contribution in [0.15, 0.2) is 42.5 Å². The zero-order valence-electron chi connectivity index (χ0n) is 15.7. The van der Waals surface area contributed by atoms with Gasteiger partial charge in [-0.1, -0.05) is 41.4 Å². The van der Waals surface area contributed by atoms with Crippen molar-refractivity contribution in [3.8, 4) is 0 Å². The van der Waals surface area contributed by atoms with E-state index in [4.69, 9.17) is 32.2 Å². The van der Waals surface area contributed by atoms with Crippen molar-refractivity contribution in [3.63, 3.8) is 0 Å². The molecule has 0 fully saturated rings. The lowest BCUT2D eigenvalue weighted by Crippen LogP contribution is -2.28. The van der Waals surface area contributed by atoms with Gasteiger partial charge in [-0.3, -0.25) is 4.57 Å². The normalized spacial score (nSPS) is 11.3. The predicted octanol–water partition coefficient (Wildman–Crippen LogP) is 6.08. The summed E-state index contributed by atoms with van der Waals surface area (Å²) in [6.07, 6.45) is 0.177. The second kappa shape index (κ2) is 10.8. The molecule has 2 aromatic rings. The fraction of sp³-hybridized carbons (Fsp3) is 0.316. The molecular formula is C19H23Cl2N2O4P. The smallest absolute Gasteiger partial charge is 0.334 e. The Morgan fingerprint density at radius 3 is 2.25 bits per heavy atom. The monoisotopic (exact) mass is 444 g/mol. The molecule has 0 aliphatic rings. The first-order valence-electron chi connectivity index (χ1n) is 8.81. The first-order chi connectivity index (χ1) is 13.3. The summed E-state index contributed by atoms with van der Waals surface area (Å²) in [6.45, 7) is 4.44. The summed E-state index contributed by atoms with van der Waals surface area (Å²) in [5.74, 6) is 0. The van der Waals surface area contributed by atoms with Gasteiger partial charge >= 0.3 is 13.6 Å². The highest BCUT2D eigenvalue weighted by Gasteiger charge is 2.23. The zero-order valence-corrected chi connectivity index (χ0v) is 18.1. The highest BCUT2D eigenvalue weighted by atomic mass is 35.5. The SMILES string of the molecule is CCOP(=O)(Cc1ccc(NC(=O)NCc2ccc(Cl)cc2Cl)cc1)OCC. The maximum atomic E-state index is 12.6. The van der Waals surface area contributed by atoms with Crippen molar-refractivity contribution < 1.29 is 18.4 Å². The molecule has 0 radical (unpaired) electrons. The number of benzene rings is 2. The van der Waals surface area contributed by atoms with Gasteiger partial charge < -0.3 is 19.7 Å². The van der Waals surface area contributed by atoms with Crippen molar-refractivity contribution >= 4 is 42.5 Å². The standard InChI is InChI=1S/C19H23Cl2N2O4P/c1-3-26-28(25,27-4-2)13-14-5-9-17(10-6-14)23-19(24)22-12-15-7-8-16(20)11-18(15)21/h5-11H,3-4,12-13H2,1-2H3,(H2,22,23,24). The summed E-state index contributed by atoms with van der Waals surface area (Å²) >= 11 is 11.9. The summed E-state index contributed by atoms with van der Waals surface area (Å²) in [5.41, 5.74) is 2.16. The number of urea groups is 1. The molecule has 2 rings (SSSR count). The number of hydrogen-bond acceptors (Lipinski definition) is 4. The van der Waals surface area contributed by atoms with Gasteiger partial charge in [0, 0.05) is 22.3 Å². The van der Waals surface area contributed by atoms with Crippen molar-refractivity contribution in [2.75, 3.05) is 18.5 Å². The minimum Gasteiger partial charge on any atom is -0.334 e. The number of anilines is 1. The quantitative estimate of drug-likeness (QED) is 0.459. The van der Waals surface area contributed by atoms with Crippen LogP contribution in [0.1, 0.15) is 25.0 Å². The summed E-state index contributed by atoms with van der Waals surface area (Å²) in [4.78, 5) is 12.1. The molecule has 0 spiro atoms. The topological polar surface area (TPSA) is 76.7 Å². The van der Waals surface area contributed by atoms with Crippen molar-refractivity contribution in [1.82, 2.24) is 5.32 Å². The molecule has 0 aromatic heterocycles. The lowest BCUT2D eigenvalue weighted by Gasteiger charge is -2.17. The number of carbonyl (C=O) groups is 1. The van der Waals surface area contributed by atoms with Gasteiger partial charge in [-0.05, 0) is 49.2 Å². The van der Waals surface area contributed by atoms with E-state index in [0.29, 0.717) is 28.9 Å². The lowest BCUT2D eigenvalue weighted by molar-refractivity contribution is 0.219. The molecule has 0 saturated heterocycles. The third-order valence-electron chi connectivity index (χ3n) is 3.69. The lowest BCUT2D eigenvalue weighted by atomic mass is 10.2. The van der Waals surface area contributed by atoms with E-state index in [-0.39, 0.29) is 18.7 Å². The Labute approximate surface area is 175 Å². The van der Waals surface area contributed by atoms with E-state index in [1.54, 1.807) is 56.3 Å². The van der Waals surface area contributed by atoms with Gasteiger partial charge in [0.15, 0.2) is 0 Å². The third kappa shape index (κ3) is 7.12. The van der Waals surface area contributed by atoms with E-state index < -0.39 is 7.60 Å². The first-order valence-corrected chi connectivity index (χ1v) is 11.3. The van der Waals surface area contributed by atoms with Gasteiger partial charge in [0.1, 0.15) is 0 Å². The molecule has 0 atom stereocenters. The van der Waals surface area contributed by atoms with Crippen LogP contribution >= 0.6 is 30.8 Å². The maximum absolute atomic E-state index is 12.6. The molecule has 0 aliphatic carbocycles. The Bertz CT molecular complexity index is 836. The molecule has 0 unspecified atom stereocenters. The van der Waals surface area contributed by atoms with E-state index in [0.717, 1.165) is 11.1 Å². The average molecular weight is 445 g/mol.